The van der Waals surface area contributed by atoms with Crippen molar-refractivity contribution in [2.45, 2.75) is 32.3 Å². The third-order valence-corrected chi connectivity index (χ3v) is 7.03. The molecule has 0 heterocycles. The Labute approximate surface area is 169 Å². The average Bonchev–Trinajstić information content (AvgIpc) is 2.63. The third-order valence-electron chi connectivity index (χ3n) is 4.10. The summed E-state index contributed by atoms with van der Waals surface area (Å²) in [7, 11) is -3.67. The van der Waals surface area contributed by atoms with Gasteiger partial charge in [0, 0.05) is 13.1 Å². The zero-order chi connectivity index (χ0) is 20.2. The second-order valence-corrected chi connectivity index (χ2v) is 8.61. The van der Waals surface area contributed by atoms with E-state index in [1.165, 1.54) is 10.4 Å². The van der Waals surface area contributed by atoms with Crippen molar-refractivity contribution in [2.24, 2.45) is 0 Å². The molecule has 0 atom stereocenters. The van der Waals surface area contributed by atoms with E-state index in [0.717, 1.165) is 0 Å². The van der Waals surface area contributed by atoms with Crippen molar-refractivity contribution >= 4 is 39.2 Å². The van der Waals surface area contributed by atoms with E-state index in [2.05, 4.69) is 0 Å². The number of aryl methyl sites for hydroxylation is 1. The van der Waals surface area contributed by atoms with Crippen molar-refractivity contribution in [1.29, 1.82) is 0 Å². The normalized spacial score (nSPS) is 11.6. The van der Waals surface area contributed by atoms with Gasteiger partial charge in [0.2, 0.25) is 10.0 Å². The zero-order valence-corrected chi connectivity index (χ0v) is 17.7. The minimum absolute atomic E-state index is 0.00171. The summed E-state index contributed by atoms with van der Waals surface area (Å²) in [5, 5.41) is 0.782. The first-order valence-corrected chi connectivity index (χ1v) is 10.6. The van der Waals surface area contributed by atoms with Gasteiger partial charge in [-0.2, -0.15) is 4.31 Å². The maximum atomic E-state index is 12.8. The van der Waals surface area contributed by atoms with Gasteiger partial charge in [-0.25, -0.2) is 13.2 Å². The Morgan fingerprint density at radius 3 is 2.30 bits per heavy atom. The Bertz CT molecular complexity index is 941. The van der Waals surface area contributed by atoms with E-state index in [0.29, 0.717) is 34.3 Å². The van der Waals surface area contributed by atoms with Gasteiger partial charge in [-0.3, -0.25) is 0 Å². The molecule has 0 aromatic heterocycles. The van der Waals surface area contributed by atoms with E-state index < -0.39 is 16.0 Å². The first kappa shape index (κ1) is 21.7. The Balaban J connectivity index is 2.23. The van der Waals surface area contributed by atoms with Gasteiger partial charge in [0.25, 0.3) is 0 Å². The van der Waals surface area contributed by atoms with E-state index in [4.69, 9.17) is 27.9 Å². The fraction of sp³-hybridized carbons (Fsp3) is 0.316. The first-order chi connectivity index (χ1) is 12.7. The van der Waals surface area contributed by atoms with E-state index in [9.17, 15) is 13.2 Å². The highest BCUT2D eigenvalue weighted by Gasteiger charge is 2.25. The van der Waals surface area contributed by atoms with Crippen LogP contribution in [0.1, 0.15) is 35.3 Å². The minimum atomic E-state index is -3.67. The van der Waals surface area contributed by atoms with E-state index >= 15 is 0 Å². The largest absolute Gasteiger partial charge is 0.457 e. The number of hydrogen-bond donors (Lipinski definition) is 0. The van der Waals surface area contributed by atoms with Gasteiger partial charge in [-0.1, -0.05) is 49.2 Å². The molecular weight excluding hydrogens is 409 g/mol. The zero-order valence-electron chi connectivity index (χ0n) is 15.3. The number of sulfonamides is 1. The summed E-state index contributed by atoms with van der Waals surface area (Å²) in [5.41, 5.74) is 1.43. The summed E-state index contributed by atoms with van der Waals surface area (Å²) in [4.78, 5) is 12.5. The number of hydrogen-bond acceptors (Lipinski definition) is 4. The third kappa shape index (κ3) is 5.02. The topological polar surface area (TPSA) is 63.7 Å². The lowest BCUT2D eigenvalue weighted by atomic mass is 10.1. The molecule has 0 spiro atoms. The van der Waals surface area contributed by atoms with Gasteiger partial charge in [0.15, 0.2) is 0 Å². The minimum Gasteiger partial charge on any atom is -0.457 e. The van der Waals surface area contributed by atoms with Gasteiger partial charge in [-0.05, 0) is 42.3 Å². The van der Waals surface area contributed by atoms with Gasteiger partial charge in [-0.15, -0.1) is 0 Å². The highest BCUT2D eigenvalue weighted by atomic mass is 35.5. The Hall–Kier alpha value is -1.60. The molecule has 0 saturated heterocycles. The van der Waals surface area contributed by atoms with Crippen LogP contribution in [0, 0.1) is 6.92 Å². The number of esters is 1. The number of rotatable bonds is 7. The fourth-order valence-electron chi connectivity index (χ4n) is 2.57. The van der Waals surface area contributed by atoms with Gasteiger partial charge < -0.3 is 4.74 Å². The second-order valence-electron chi connectivity index (χ2n) is 5.89. The number of benzene rings is 2. The molecule has 0 aliphatic carbocycles. The van der Waals surface area contributed by atoms with Crippen LogP contribution >= 0.6 is 23.2 Å². The molecule has 0 radical (unpaired) electrons. The standard InChI is InChI=1S/C19H21Cl2NO4S/c1-4-22(5-2)27(24,25)18-11-15(8-6-13(18)3)19(23)26-12-14-7-9-16(20)17(21)10-14/h6-11H,4-5,12H2,1-3H3. The molecule has 0 N–H and O–H groups in total. The fourth-order valence-corrected chi connectivity index (χ4v) is 4.60. The molecular formula is C19H21Cl2NO4S. The van der Waals surface area contributed by atoms with Crippen molar-refractivity contribution < 1.29 is 17.9 Å². The number of carbonyl (C=O) groups is 1. The summed E-state index contributed by atoms with van der Waals surface area (Å²) in [5.74, 6) is -0.614. The lowest BCUT2D eigenvalue weighted by Gasteiger charge is -2.20. The number of ether oxygens (including phenoxy) is 1. The lowest BCUT2D eigenvalue weighted by Crippen LogP contribution is -2.31. The summed E-state index contributed by atoms with van der Waals surface area (Å²) in [6.45, 7) is 5.94. The second kappa shape index (κ2) is 9.06. The molecule has 0 unspecified atom stereocenters. The molecule has 0 fully saturated rings. The number of carbonyl (C=O) groups excluding carboxylic acids is 1. The van der Waals surface area contributed by atoms with Crippen LogP contribution in [0.3, 0.4) is 0 Å². The highest BCUT2D eigenvalue weighted by Crippen LogP contribution is 2.24. The highest BCUT2D eigenvalue weighted by molar-refractivity contribution is 7.89. The Morgan fingerprint density at radius 2 is 1.70 bits per heavy atom. The Kier molecular flexibility index (Phi) is 7.28. The molecule has 2 aromatic carbocycles. The summed E-state index contributed by atoms with van der Waals surface area (Å²) >= 11 is 11.8. The molecule has 8 heteroatoms. The van der Waals surface area contributed by atoms with E-state index in [1.54, 1.807) is 51.1 Å². The molecule has 0 saturated carbocycles. The average molecular weight is 430 g/mol. The van der Waals surface area contributed by atoms with Crippen LogP contribution in [0.15, 0.2) is 41.3 Å². The van der Waals surface area contributed by atoms with Gasteiger partial charge in [0.1, 0.15) is 6.61 Å². The van der Waals surface area contributed by atoms with Crippen LogP contribution in [-0.4, -0.2) is 31.8 Å². The number of halogens is 2. The molecule has 0 amide bonds. The molecule has 2 aromatic rings. The van der Waals surface area contributed by atoms with Crippen LogP contribution in [0.25, 0.3) is 0 Å². The van der Waals surface area contributed by atoms with Crippen LogP contribution < -0.4 is 0 Å². The smallest absolute Gasteiger partial charge is 0.338 e. The van der Waals surface area contributed by atoms with E-state index in [-0.39, 0.29) is 17.1 Å². The quantitative estimate of drug-likeness (QED) is 0.598. The SMILES string of the molecule is CCN(CC)S(=O)(=O)c1cc(C(=O)OCc2ccc(Cl)c(Cl)c2)ccc1C. The van der Waals surface area contributed by atoms with Crippen LogP contribution in [-0.2, 0) is 21.4 Å². The van der Waals surface area contributed by atoms with E-state index in [1.807, 2.05) is 0 Å². The van der Waals surface area contributed by atoms with Crippen molar-refractivity contribution in [3.8, 4) is 0 Å². The molecule has 27 heavy (non-hydrogen) atoms. The van der Waals surface area contributed by atoms with Crippen LogP contribution in [0.5, 0.6) is 0 Å². The maximum absolute atomic E-state index is 12.8. The number of nitrogens with zero attached hydrogens (tertiary/aromatic N) is 1. The molecule has 0 aliphatic heterocycles. The molecule has 146 valence electrons. The molecule has 5 nitrogen and oxygen atoms in total. The summed E-state index contributed by atoms with van der Waals surface area (Å²) in [6, 6.07) is 9.45. The maximum Gasteiger partial charge on any atom is 0.338 e. The molecule has 0 aliphatic rings. The lowest BCUT2D eigenvalue weighted by molar-refractivity contribution is 0.0472. The van der Waals surface area contributed by atoms with Crippen molar-refractivity contribution in [1.82, 2.24) is 4.31 Å². The van der Waals surface area contributed by atoms with Crippen molar-refractivity contribution in [3.05, 3.63) is 63.1 Å². The van der Waals surface area contributed by atoms with Gasteiger partial charge in [0.05, 0.1) is 20.5 Å². The predicted molar refractivity (Wildman–Crippen MR) is 107 cm³/mol. The monoisotopic (exact) mass is 429 g/mol. The Morgan fingerprint density at radius 1 is 1.04 bits per heavy atom. The van der Waals surface area contributed by atoms with Crippen LogP contribution in [0.4, 0.5) is 0 Å². The van der Waals surface area contributed by atoms with Crippen molar-refractivity contribution in [3.63, 3.8) is 0 Å². The summed E-state index contributed by atoms with van der Waals surface area (Å²) in [6.07, 6.45) is 0. The molecule has 0 bridgehead atoms. The van der Waals surface area contributed by atoms with Crippen molar-refractivity contribution in [2.75, 3.05) is 13.1 Å². The predicted octanol–water partition coefficient (Wildman–Crippen LogP) is 4.69. The summed E-state index contributed by atoms with van der Waals surface area (Å²) < 4.78 is 32.2. The first-order valence-electron chi connectivity index (χ1n) is 8.42. The van der Waals surface area contributed by atoms with Gasteiger partial charge >= 0.3 is 5.97 Å². The van der Waals surface area contributed by atoms with Crippen LogP contribution in [0.2, 0.25) is 10.0 Å². The molecule has 2 rings (SSSR count).